The Kier molecular flexibility index (Phi) is 3.00. The number of fused-ring (bicyclic) bond motifs is 1. The van der Waals surface area contributed by atoms with E-state index in [1.165, 1.54) is 7.11 Å². The van der Waals surface area contributed by atoms with E-state index in [4.69, 9.17) is 10.5 Å². The molecule has 4 rings (SSSR count). The molecule has 1 aliphatic carbocycles. The summed E-state index contributed by atoms with van der Waals surface area (Å²) in [5, 5.41) is 4.37. The van der Waals surface area contributed by atoms with Crippen molar-refractivity contribution in [3.05, 3.63) is 18.5 Å². The Balaban J connectivity index is 1.63. The average Bonchev–Trinajstić information content (AvgIpc) is 3.11. The molecule has 1 aliphatic rings. The number of hydrogen-bond donors (Lipinski definition) is 2. The van der Waals surface area contributed by atoms with Gasteiger partial charge in [0.1, 0.15) is 11.2 Å². The maximum absolute atomic E-state index is 11.5. The SMILES string of the molecule is COC(=O)C1CC(n2nccc2-c2nc3nc(N)ncc3[nH]2)C1. The Hall–Kier alpha value is -2.97. The molecule has 3 aromatic heterocycles. The lowest BCUT2D eigenvalue weighted by molar-refractivity contribution is -0.149. The molecule has 0 radical (unpaired) electrons. The third-order valence-electron chi connectivity index (χ3n) is 4.16. The molecule has 1 fully saturated rings. The van der Waals surface area contributed by atoms with Gasteiger partial charge in [0.25, 0.3) is 0 Å². The number of aromatic amines is 1. The van der Waals surface area contributed by atoms with Crippen LogP contribution in [0.4, 0.5) is 5.95 Å². The number of anilines is 1. The Morgan fingerprint density at radius 1 is 1.43 bits per heavy atom. The van der Waals surface area contributed by atoms with E-state index >= 15 is 0 Å². The normalized spacial score (nSPS) is 20.4. The van der Waals surface area contributed by atoms with Gasteiger partial charge in [0, 0.05) is 6.20 Å². The van der Waals surface area contributed by atoms with Crippen molar-refractivity contribution in [1.29, 1.82) is 0 Å². The fourth-order valence-electron chi connectivity index (χ4n) is 2.88. The number of ether oxygens (including phenoxy) is 1. The summed E-state index contributed by atoms with van der Waals surface area (Å²) < 4.78 is 6.65. The van der Waals surface area contributed by atoms with E-state index in [9.17, 15) is 4.79 Å². The summed E-state index contributed by atoms with van der Waals surface area (Å²) in [5.74, 6) is 0.621. The summed E-state index contributed by atoms with van der Waals surface area (Å²) >= 11 is 0. The third-order valence-corrected chi connectivity index (χ3v) is 4.16. The average molecular weight is 313 g/mol. The maximum atomic E-state index is 11.5. The van der Waals surface area contributed by atoms with Crippen molar-refractivity contribution in [2.45, 2.75) is 18.9 Å². The lowest BCUT2D eigenvalue weighted by Gasteiger charge is -2.34. The predicted molar refractivity (Wildman–Crippen MR) is 81.1 cm³/mol. The number of aromatic nitrogens is 6. The van der Waals surface area contributed by atoms with Crippen molar-refractivity contribution in [1.82, 2.24) is 29.7 Å². The number of carbonyl (C=O) groups excluding carboxylic acids is 1. The zero-order chi connectivity index (χ0) is 16.0. The van der Waals surface area contributed by atoms with E-state index in [2.05, 4.69) is 25.0 Å². The van der Waals surface area contributed by atoms with Crippen LogP contribution in [0.3, 0.4) is 0 Å². The molecule has 0 atom stereocenters. The minimum absolute atomic E-state index is 0.0524. The first-order valence-electron chi connectivity index (χ1n) is 7.25. The van der Waals surface area contributed by atoms with Crippen LogP contribution >= 0.6 is 0 Å². The lowest BCUT2D eigenvalue weighted by Crippen LogP contribution is -2.33. The highest BCUT2D eigenvalue weighted by Gasteiger charge is 2.37. The van der Waals surface area contributed by atoms with Crippen LogP contribution in [0.15, 0.2) is 18.5 Å². The van der Waals surface area contributed by atoms with Crippen LogP contribution in [-0.4, -0.2) is 42.8 Å². The number of hydrogen-bond acceptors (Lipinski definition) is 7. The molecule has 0 aliphatic heterocycles. The largest absolute Gasteiger partial charge is 0.469 e. The highest BCUT2D eigenvalue weighted by atomic mass is 16.5. The third kappa shape index (κ3) is 2.20. The molecular formula is C14H15N7O2. The number of carbonyl (C=O) groups is 1. The fourth-order valence-corrected chi connectivity index (χ4v) is 2.88. The van der Waals surface area contributed by atoms with E-state index in [0.717, 1.165) is 5.69 Å². The number of nitrogens with two attached hydrogens (primary N) is 1. The highest BCUT2D eigenvalue weighted by Crippen LogP contribution is 2.40. The van der Waals surface area contributed by atoms with Gasteiger partial charge in [-0.25, -0.2) is 9.97 Å². The highest BCUT2D eigenvalue weighted by molar-refractivity contribution is 5.75. The molecule has 0 amide bonds. The monoisotopic (exact) mass is 313 g/mol. The van der Waals surface area contributed by atoms with Gasteiger partial charge in [-0.15, -0.1) is 0 Å². The van der Waals surface area contributed by atoms with Crippen molar-refractivity contribution in [2.24, 2.45) is 5.92 Å². The van der Waals surface area contributed by atoms with E-state index in [1.807, 2.05) is 10.7 Å². The zero-order valence-corrected chi connectivity index (χ0v) is 12.4. The van der Waals surface area contributed by atoms with Gasteiger partial charge in [-0.1, -0.05) is 0 Å². The van der Waals surface area contributed by atoms with Gasteiger partial charge >= 0.3 is 5.97 Å². The van der Waals surface area contributed by atoms with Crippen molar-refractivity contribution in [3.63, 3.8) is 0 Å². The molecule has 118 valence electrons. The summed E-state index contributed by atoms with van der Waals surface area (Å²) in [4.78, 5) is 27.2. The van der Waals surface area contributed by atoms with Crippen molar-refractivity contribution in [3.8, 4) is 11.5 Å². The predicted octanol–water partition coefficient (Wildman–Crippen LogP) is 0.923. The molecule has 0 bridgehead atoms. The molecule has 1 saturated carbocycles. The maximum Gasteiger partial charge on any atom is 0.308 e. The molecule has 0 aromatic carbocycles. The first kappa shape index (κ1) is 13.7. The van der Waals surface area contributed by atoms with Gasteiger partial charge in [-0.05, 0) is 18.9 Å². The van der Waals surface area contributed by atoms with Crippen LogP contribution in [0.2, 0.25) is 0 Å². The lowest BCUT2D eigenvalue weighted by atomic mass is 9.80. The standard InChI is InChI=1S/C14H15N7O2/c1-23-13(22)7-4-8(5-7)21-10(2-3-17-21)12-18-9-6-16-14(15)20-11(9)19-12/h2-3,6-8H,4-5H2,1H3,(H3,15,16,18,19,20). The molecule has 3 N–H and O–H groups in total. The van der Waals surface area contributed by atoms with Gasteiger partial charge in [-0.2, -0.15) is 10.1 Å². The quantitative estimate of drug-likeness (QED) is 0.689. The number of nitrogen functional groups attached to an aromatic ring is 1. The number of rotatable bonds is 3. The second kappa shape index (κ2) is 5.04. The van der Waals surface area contributed by atoms with E-state index in [1.54, 1.807) is 12.4 Å². The smallest absolute Gasteiger partial charge is 0.308 e. The molecule has 23 heavy (non-hydrogen) atoms. The molecular weight excluding hydrogens is 298 g/mol. The van der Waals surface area contributed by atoms with E-state index < -0.39 is 0 Å². The first-order valence-corrected chi connectivity index (χ1v) is 7.25. The second-order valence-corrected chi connectivity index (χ2v) is 5.56. The molecule has 0 unspecified atom stereocenters. The van der Waals surface area contributed by atoms with Crippen molar-refractivity contribution >= 4 is 23.1 Å². The van der Waals surface area contributed by atoms with Crippen LogP contribution < -0.4 is 5.73 Å². The number of methoxy groups -OCH3 is 1. The van der Waals surface area contributed by atoms with Crippen LogP contribution in [0.25, 0.3) is 22.7 Å². The van der Waals surface area contributed by atoms with Gasteiger partial charge in [0.05, 0.1) is 25.3 Å². The number of esters is 1. The number of nitrogens with zero attached hydrogens (tertiary/aromatic N) is 5. The Labute approximate surface area is 130 Å². The van der Waals surface area contributed by atoms with Gasteiger partial charge in [0.2, 0.25) is 5.95 Å². The summed E-state index contributed by atoms with van der Waals surface area (Å²) in [6.45, 7) is 0. The van der Waals surface area contributed by atoms with Crippen molar-refractivity contribution < 1.29 is 9.53 Å². The van der Waals surface area contributed by atoms with Gasteiger partial charge in [-0.3, -0.25) is 9.48 Å². The van der Waals surface area contributed by atoms with Crippen LogP contribution in [-0.2, 0) is 9.53 Å². The van der Waals surface area contributed by atoms with E-state index in [0.29, 0.717) is 29.8 Å². The van der Waals surface area contributed by atoms with Crippen LogP contribution in [0.1, 0.15) is 18.9 Å². The number of H-pyrrole nitrogens is 1. The Bertz CT molecular complexity index is 878. The summed E-state index contributed by atoms with van der Waals surface area (Å²) in [6, 6.07) is 2.04. The van der Waals surface area contributed by atoms with Crippen LogP contribution in [0, 0.1) is 5.92 Å². The summed E-state index contributed by atoms with van der Waals surface area (Å²) in [5.41, 5.74) is 7.65. The molecule has 3 heterocycles. The Morgan fingerprint density at radius 2 is 2.26 bits per heavy atom. The minimum atomic E-state index is -0.163. The van der Waals surface area contributed by atoms with Crippen LogP contribution in [0.5, 0.6) is 0 Å². The topological polar surface area (TPSA) is 125 Å². The summed E-state index contributed by atoms with van der Waals surface area (Å²) in [7, 11) is 1.41. The molecule has 9 heteroatoms. The number of imidazole rings is 1. The van der Waals surface area contributed by atoms with E-state index in [-0.39, 0.29) is 23.9 Å². The molecule has 0 saturated heterocycles. The Morgan fingerprint density at radius 3 is 3.04 bits per heavy atom. The molecule has 3 aromatic rings. The minimum Gasteiger partial charge on any atom is -0.469 e. The molecule has 9 nitrogen and oxygen atoms in total. The van der Waals surface area contributed by atoms with Gasteiger partial charge in [0.15, 0.2) is 11.5 Å². The van der Waals surface area contributed by atoms with Crippen molar-refractivity contribution in [2.75, 3.05) is 12.8 Å². The fraction of sp³-hybridized carbons (Fsp3) is 0.357. The summed E-state index contributed by atoms with van der Waals surface area (Å²) in [6.07, 6.45) is 4.75. The second-order valence-electron chi connectivity index (χ2n) is 5.56. The zero-order valence-electron chi connectivity index (χ0n) is 12.4. The number of nitrogens with one attached hydrogen (secondary N) is 1. The van der Waals surface area contributed by atoms with Gasteiger partial charge < -0.3 is 15.5 Å². The first-order chi connectivity index (χ1) is 11.2. The molecule has 0 spiro atoms.